The zero-order chi connectivity index (χ0) is 20.9. The SMILES string of the molecule is Cc1cc[n+](Cc2ccccc2)cc1-c1ccc(NC(=O)c2ccncc2F)cc1.[Br-]. The lowest BCUT2D eigenvalue weighted by Crippen LogP contribution is -3.00. The second-order valence-corrected chi connectivity index (χ2v) is 7.09. The second-order valence-electron chi connectivity index (χ2n) is 7.09. The van der Waals surface area contributed by atoms with E-state index in [0.717, 1.165) is 29.4 Å². The standard InChI is InChI=1S/C25H20FN3O.BrH/c1-18-12-14-29(16-19-5-3-2-4-6-19)17-23(18)20-7-9-21(10-8-20)28-25(30)22-11-13-27-15-24(22)26;/h2-15,17H,16H2,1H3;1H. The molecule has 0 bridgehead atoms. The number of aryl methyl sites for hydroxylation is 1. The molecule has 6 heteroatoms. The Morgan fingerprint density at radius 2 is 1.77 bits per heavy atom. The van der Waals surface area contributed by atoms with E-state index in [4.69, 9.17) is 0 Å². The lowest BCUT2D eigenvalue weighted by Gasteiger charge is -2.09. The Morgan fingerprint density at radius 3 is 2.48 bits per heavy atom. The molecule has 1 N–H and O–H groups in total. The maximum absolute atomic E-state index is 13.7. The van der Waals surface area contributed by atoms with Crippen molar-refractivity contribution in [3.63, 3.8) is 0 Å². The molecule has 2 heterocycles. The first-order valence-electron chi connectivity index (χ1n) is 9.65. The number of benzene rings is 2. The number of amides is 1. The number of aromatic nitrogens is 2. The number of rotatable bonds is 5. The van der Waals surface area contributed by atoms with E-state index in [1.165, 1.54) is 17.8 Å². The summed E-state index contributed by atoms with van der Waals surface area (Å²) in [5.74, 6) is -1.14. The highest BCUT2D eigenvalue weighted by Gasteiger charge is 2.13. The third-order valence-corrected chi connectivity index (χ3v) is 4.91. The number of carbonyl (C=O) groups is 1. The van der Waals surface area contributed by atoms with Crippen LogP contribution in [0, 0.1) is 12.7 Å². The zero-order valence-electron chi connectivity index (χ0n) is 16.9. The predicted octanol–water partition coefficient (Wildman–Crippen LogP) is 1.79. The van der Waals surface area contributed by atoms with Crippen LogP contribution in [-0.2, 0) is 6.54 Å². The Kier molecular flexibility index (Phi) is 7.26. The first kappa shape index (κ1) is 22.3. The van der Waals surface area contributed by atoms with Crippen molar-refractivity contribution in [3.8, 4) is 11.1 Å². The number of carbonyl (C=O) groups excluding carboxylic acids is 1. The van der Waals surface area contributed by atoms with Crippen LogP contribution >= 0.6 is 0 Å². The van der Waals surface area contributed by atoms with Crippen LogP contribution in [0.1, 0.15) is 21.5 Å². The third-order valence-electron chi connectivity index (χ3n) is 4.91. The lowest BCUT2D eigenvalue weighted by atomic mass is 10.0. The van der Waals surface area contributed by atoms with Crippen molar-refractivity contribution in [3.05, 3.63) is 114 Å². The van der Waals surface area contributed by atoms with Gasteiger partial charge in [-0.15, -0.1) is 0 Å². The van der Waals surface area contributed by atoms with Gasteiger partial charge in [0, 0.05) is 29.1 Å². The molecule has 0 unspecified atom stereocenters. The highest BCUT2D eigenvalue weighted by atomic mass is 79.9. The summed E-state index contributed by atoms with van der Waals surface area (Å²) >= 11 is 0. The topological polar surface area (TPSA) is 45.9 Å². The Morgan fingerprint density at radius 1 is 1.03 bits per heavy atom. The molecule has 0 aliphatic heterocycles. The van der Waals surface area contributed by atoms with Crippen LogP contribution in [0.25, 0.3) is 11.1 Å². The van der Waals surface area contributed by atoms with Crippen molar-refractivity contribution in [2.75, 3.05) is 5.32 Å². The summed E-state index contributed by atoms with van der Waals surface area (Å²) in [5, 5.41) is 2.72. The monoisotopic (exact) mass is 477 g/mol. The van der Waals surface area contributed by atoms with Gasteiger partial charge in [-0.2, -0.15) is 0 Å². The van der Waals surface area contributed by atoms with E-state index in [1.54, 1.807) is 0 Å². The molecular formula is C25H21BrFN3O. The first-order chi connectivity index (χ1) is 14.6. The molecular weight excluding hydrogens is 457 g/mol. The normalized spacial score (nSPS) is 10.3. The van der Waals surface area contributed by atoms with Gasteiger partial charge in [0.2, 0.25) is 0 Å². The van der Waals surface area contributed by atoms with Gasteiger partial charge in [-0.05, 0) is 36.2 Å². The van der Waals surface area contributed by atoms with E-state index in [0.29, 0.717) is 5.69 Å². The van der Waals surface area contributed by atoms with Crippen molar-refractivity contribution in [2.24, 2.45) is 0 Å². The molecule has 0 aliphatic rings. The van der Waals surface area contributed by atoms with Crippen molar-refractivity contribution in [2.45, 2.75) is 13.5 Å². The Labute approximate surface area is 191 Å². The summed E-state index contributed by atoms with van der Waals surface area (Å²) in [5.41, 5.74) is 5.13. The minimum atomic E-state index is -0.644. The van der Waals surface area contributed by atoms with E-state index in [9.17, 15) is 9.18 Å². The first-order valence-corrected chi connectivity index (χ1v) is 9.65. The highest BCUT2D eigenvalue weighted by Crippen LogP contribution is 2.24. The van der Waals surface area contributed by atoms with Gasteiger partial charge in [0.1, 0.15) is 0 Å². The highest BCUT2D eigenvalue weighted by molar-refractivity contribution is 6.04. The lowest BCUT2D eigenvalue weighted by molar-refractivity contribution is -0.687. The molecule has 0 atom stereocenters. The van der Waals surface area contributed by atoms with E-state index in [1.807, 2.05) is 42.5 Å². The Hall–Kier alpha value is -3.38. The van der Waals surface area contributed by atoms with Crippen LogP contribution in [0.3, 0.4) is 0 Å². The molecule has 156 valence electrons. The van der Waals surface area contributed by atoms with E-state index < -0.39 is 11.7 Å². The quantitative estimate of drug-likeness (QED) is 0.445. The number of nitrogens with one attached hydrogen (secondary N) is 1. The van der Waals surface area contributed by atoms with Crippen molar-refractivity contribution < 1.29 is 30.7 Å². The maximum Gasteiger partial charge on any atom is 0.258 e. The van der Waals surface area contributed by atoms with Gasteiger partial charge in [0.15, 0.2) is 24.8 Å². The number of halogens is 2. The van der Waals surface area contributed by atoms with Crippen LogP contribution < -0.4 is 26.9 Å². The number of pyridine rings is 2. The van der Waals surface area contributed by atoms with Crippen molar-refractivity contribution in [1.82, 2.24) is 4.98 Å². The smallest absolute Gasteiger partial charge is 0.258 e. The summed E-state index contributed by atoms with van der Waals surface area (Å²) in [6, 6.07) is 21.3. The van der Waals surface area contributed by atoms with Gasteiger partial charge < -0.3 is 22.3 Å². The molecule has 4 aromatic rings. The van der Waals surface area contributed by atoms with Gasteiger partial charge >= 0.3 is 0 Å². The molecule has 4 nitrogen and oxygen atoms in total. The van der Waals surface area contributed by atoms with Gasteiger partial charge in [-0.25, -0.2) is 8.96 Å². The van der Waals surface area contributed by atoms with Crippen molar-refractivity contribution in [1.29, 1.82) is 0 Å². The maximum atomic E-state index is 13.7. The van der Waals surface area contributed by atoms with E-state index >= 15 is 0 Å². The number of hydrogen-bond donors (Lipinski definition) is 1. The van der Waals surface area contributed by atoms with Gasteiger partial charge in [0.25, 0.3) is 5.91 Å². The molecule has 0 aliphatic carbocycles. The molecule has 0 fully saturated rings. The van der Waals surface area contributed by atoms with Gasteiger partial charge in [-0.3, -0.25) is 9.78 Å². The summed E-state index contributed by atoms with van der Waals surface area (Å²) in [6.45, 7) is 2.86. The second kappa shape index (κ2) is 10.1. The van der Waals surface area contributed by atoms with Gasteiger partial charge in [-0.1, -0.05) is 42.5 Å². The molecule has 31 heavy (non-hydrogen) atoms. The minimum Gasteiger partial charge on any atom is -1.00 e. The predicted molar refractivity (Wildman–Crippen MR) is 115 cm³/mol. The van der Waals surface area contributed by atoms with E-state index in [-0.39, 0.29) is 22.5 Å². The van der Waals surface area contributed by atoms with Crippen LogP contribution in [0.2, 0.25) is 0 Å². The molecule has 2 aromatic heterocycles. The number of anilines is 1. The fourth-order valence-corrected chi connectivity index (χ4v) is 3.29. The summed E-state index contributed by atoms with van der Waals surface area (Å²) in [7, 11) is 0. The fraction of sp³-hybridized carbons (Fsp3) is 0.0800. The molecule has 0 spiro atoms. The van der Waals surface area contributed by atoms with Crippen LogP contribution in [0.15, 0.2) is 91.5 Å². The molecule has 0 radical (unpaired) electrons. The number of nitrogens with zero attached hydrogens (tertiary/aromatic N) is 2. The van der Waals surface area contributed by atoms with Gasteiger partial charge in [0.05, 0.1) is 11.8 Å². The van der Waals surface area contributed by atoms with Crippen LogP contribution in [0.5, 0.6) is 0 Å². The molecule has 0 saturated carbocycles. The molecule has 2 aromatic carbocycles. The average Bonchev–Trinajstić information content (AvgIpc) is 2.77. The third kappa shape index (κ3) is 5.41. The zero-order valence-corrected chi connectivity index (χ0v) is 18.5. The number of hydrogen-bond acceptors (Lipinski definition) is 2. The van der Waals surface area contributed by atoms with Crippen LogP contribution in [0.4, 0.5) is 10.1 Å². The largest absolute Gasteiger partial charge is 1.00 e. The summed E-state index contributed by atoms with van der Waals surface area (Å²) in [6.07, 6.45) is 6.62. The summed E-state index contributed by atoms with van der Waals surface area (Å²) in [4.78, 5) is 15.9. The average molecular weight is 478 g/mol. The Bertz CT molecular complexity index is 1180. The summed E-state index contributed by atoms with van der Waals surface area (Å²) < 4.78 is 15.9. The Balaban J connectivity index is 0.00000272. The molecule has 1 amide bonds. The van der Waals surface area contributed by atoms with Crippen molar-refractivity contribution >= 4 is 11.6 Å². The molecule has 4 rings (SSSR count). The minimum absolute atomic E-state index is 0. The fourth-order valence-electron chi connectivity index (χ4n) is 3.29. The van der Waals surface area contributed by atoms with Crippen LogP contribution in [-0.4, -0.2) is 10.9 Å². The molecule has 0 saturated heterocycles. The van der Waals surface area contributed by atoms with E-state index in [2.05, 4.69) is 52.4 Å².